The quantitative estimate of drug-likeness (QED) is 0.659. The monoisotopic (exact) mass is 207 g/mol. The van der Waals surface area contributed by atoms with Crippen LogP contribution >= 0.6 is 0 Å². The number of carbonyl (C=O) groups excluding carboxylic acids is 1. The van der Waals surface area contributed by atoms with E-state index in [1.807, 2.05) is 0 Å². The van der Waals surface area contributed by atoms with Crippen molar-refractivity contribution in [2.24, 2.45) is 23.7 Å². The fourth-order valence-electron chi connectivity index (χ4n) is 4.91. The summed E-state index contributed by atoms with van der Waals surface area (Å²) in [4.78, 5) is 11.3. The molecule has 4 aliphatic carbocycles. The lowest BCUT2D eigenvalue weighted by atomic mass is 9.49. The number of ether oxygens (including phenoxy) is 1. The largest absolute Gasteiger partial charge is 0.447 e. The summed E-state index contributed by atoms with van der Waals surface area (Å²) >= 11 is 0. The van der Waals surface area contributed by atoms with Crippen LogP contribution < -0.4 is 5.32 Å². The predicted molar refractivity (Wildman–Crippen MR) is 54.3 cm³/mol. The van der Waals surface area contributed by atoms with E-state index in [0.29, 0.717) is 18.4 Å². The van der Waals surface area contributed by atoms with Crippen LogP contribution in [0, 0.1) is 23.7 Å². The van der Waals surface area contributed by atoms with Crippen LogP contribution in [-0.2, 0) is 4.74 Å². The Morgan fingerprint density at radius 3 is 2.13 bits per heavy atom. The number of hydrogen-bond acceptors (Lipinski definition) is 2. The van der Waals surface area contributed by atoms with Crippen LogP contribution in [0.1, 0.15) is 32.1 Å². The van der Waals surface area contributed by atoms with Gasteiger partial charge in [-0.05, 0) is 55.8 Å². The van der Waals surface area contributed by atoms with Gasteiger partial charge >= 0.3 is 6.09 Å². The van der Waals surface area contributed by atoms with Gasteiger partial charge in [0.15, 0.2) is 0 Å². The van der Waals surface area contributed by atoms with E-state index in [0.717, 1.165) is 11.8 Å². The summed E-state index contributed by atoms with van der Waals surface area (Å²) in [7, 11) is 0. The molecule has 0 aromatic rings. The van der Waals surface area contributed by atoms with Crippen molar-refractivity contribution in [3.8, 4) is 0 Å². The third-order valence-corrected chi connectivity index (χ3v) is 5.37. The Bertz CT molecular complexity index is 298. The van der Waals surface area contributed by atoms with E-state index >= 15 is 0 Å². The Hall–Kier alpha value is -0.730. The molecule has 0 aromatic heterocycles. The highest BCUT2D eigenvalue weighted by Gasteiger charge is 2.60. The van der Waals surface area contributed by atoms with Gasteiger partial charge in [0.1, 0.15) is 6.61 Å². The molecule has 1 saturated heterocycles. The zero-order valence-corrected chi connectivity index (χ0v) is 8.87. The number of amides is 1. The average molecular weight is 207 g/mol. The Labute approximate surface area is 89.6 Å². The summed E-state index contributed by atoms with van der Waals surface area (Å²) in [5, 5.41) is 3.15. The molecule has 3 nitrogen and oxygen atoms in total. The Balaban J connectivity index is 1.73. The van der Waals surface area contributed by atoms with Gasteiger partial charge < -0.3 is 10.1 Å². The summed E-state index contributed by atoms with van der Waals surface area (Å²) in [6, 6.07) is 0. The smallest absolute Gasteiger partial charge is 0.407 e. The van der Waals surface area contributed by atoms with E-state index in [9.17, 15) is 4.79 Å². The van der Waals surface area contributed by atoms with Gasteiger partial charge in [0, 0.05) is 0 Å². The van der Waals surface area contributed by atoms with Crippen LogP contribution in [0.3, 0.4) is 0 Å². The van der Waals surface area contributed by atoms with Crippen molar-refractivity contribution in [2.75, 3.05) is 6.61 Å². The Morgan fingerprint density at radius 1 is 1.07 bits per heavy atom. The lowest BCUT2D eigenvalue weighted by Gasteiger charge is -2.58. The van der Waals surface area contributed by atoms with Crippen molar-refractivity contribution in [1.29, 1.82) is 0 Å². The first-order valence-electron chi connectivity index (χ1n) is 6.21. The minimum Gasteiger partial charge on any atom is -0.447 e. The highest BCUT2D eigenvalue weighted by Crippen LogP contribution is 2.59. The van der Waals surface area contributed by atoms with E-state index in [-0.39, 0.29) is 11.6 Å². The van der Waals surface area contributed by atoms with E-state index < -0.39 is 0 Å². The average Bonchev–Trinajstić information content (AvgIpc) is 2.57. The van der Waals surface area contributed by atoms with Crippen molar-refractivity contribution in [3.63, 3.8) is 0 Å². The predicted octanol–water partition coefficient (Wildman–Crippen LogP) is 1.92. The SMILES string of the molecule is O=C1NC2(CO1)C1CC3CC(C1)CC2C3. The molecule has 4 saturated carbocycles. The van der Waals surface area contributed by atoms with Crippen molar-refractivity contribution in [1.82, 2.24) is 5.32 Å². The van der Waals surface area contributed by atoms with Gasteiger partial charge in [-0.15, -0.1) is 0 Å². The Kier molecular flexibility index (Phi) is 1.40. The second-order valence-electron chi connectivity index (χ2n) is 6.05. The number of cyclic esters (lactones) is 1. The van der Waals surface area contributed by atoms with Crippen LogP contribution in [0.15, 0.2) is 0 Å². The van der Waals surface area contributed by atoms with Crippen LogP contribution in [0.4, 0.5) is 4.79 Å². The topological polar surface area (TPSA) is 38.3 Å². The number of nitrogens with one attached hydrogen (secondary N) is 1. The summed E-state index contributed by atoms with van der Waals surface area (Å²) in [6.07, 6.45) is 6.60. The van der Waals surface area contributed by atoms with Gasteiger partial charge in [0.2, 0.25) is 0 Å². The van der Waals surface area contributed by atoms with Crippen LogP contribution in [0.25, 0.3) is 0 Å². The zero-order valence-electron chi connectivity index (χ0n) is 8.87. The van der Waals surface area contributed by atoms with Gasteiger partial charge in [0.25, 0.3) is 0 Å². The van der Waals surface area contributed by atoms with E-state index in [4.69, 9.17) is 4.74 Å². The number of carbonyl (C=O) groups is 1. The maximum absolute atomic E-state index is 11.3. The molecular formula is C12H17NO2. The van der Waals surface area contributed by atoms with E-state index in [1.54, 1.807) is 0 Å². The maximum Gasteiger partial charge on any atom is 0.407 e. The van der Waals surface area contributed by atoms with Gasteiger partial charge in [-0.2, -0.15) is 0 Å². The molecule has 5 rings (SSSR count). The normalized spacial score (nSPS) is 55.9. The van der Waals surface area contributed by atoms with Gasteiger partial charge in [0.05, 0.1) is 5.54 Å². The standard InChI is InChI=1S/C12H17NO2/c14-11-13-12(6-15-11)9-2-7-1-8(4-9)5-10(12)3-7/h7-10H,1-6H2,(H,13,14). The summed E-state index contributed by atoms with van der Waals surface area (Å²) in [5.74, 6) is 3.33. The molecule has 5 aliphatic rings. The lowest BCUT2D eigenvalue weighted by molar-refractivity contribution is -0.0674. The number of hydrogen-bond donors (Lipinski definition) is 1. The Morgan fingerprint density at radius 2 is 1.67 bits per heavy atom. The third-order valence-electron chi connectivity index (χ3n) is 5.37. The molecule has 15 heavy (non-hydrogen) atoms. The highest BCUT2D eigenvalue weighted by molar-refractivity contribution is 5.71. The molecule has 1 heterocycles. The molecule has 3 heteroatoms. The third kappa shape index (κ3) is 0.943. The summed E-state index contributed by atoms with van der Waals surface area (Å²) in [6.45, 7) is 0.639. The summed E-state index contributed by atoms with van der Waals surface area (Å²) < 4.78 is 5.18. The van der Waals surface area contributed by atoms with Gasteiger partial charge in [-0.25, -0.2) is 4.79 Å². The zero-order chi connectivity index (χ0) is 10.0. The second-order valence-corrected chi connectivity index (χ2v) is 6.05. The molecule has 82 valence electrons. The molecule has 1 aliphatic heterocycles. The molecule has 1 spiro atoms. The fraction of sp³-hybridized carbons (Fsp3) is 0.917. The number of rotatable bonds is 0. The maximum atomic E-state index is 11.3. The first-order chi connectivity index (χ1) is 7.26. The number of alkyl carbamates (subject to hydrolysis) is 1. The van der Waals surface area contributed by atoms with Crippen molar-refractivity contribution in [2.45, 2.75) is 37.6 Å². The van der Waals surface area contributed by atoms with Crippen LogP contribution in [0.5, 0.6) is 0 Å². The molecule has 0 unspecified atom stereocenters. The van der Waals surface area contributed by atoms with E-state index in [1.165, 1.54) is 32.1 Å². The minimum atomic E-state index is -0.178. The molecular weight excluding hydrogens is 190 g/mol. The van der Waals surface area contributed by atoms with Crippen LogP contribution in [0.2, 0.25) is 0 Å². The molecule has 0 aromatic carbocycles. The fourth-order valence-corrected chi connectivity index (χ4v) is 4.91. The minimum absolute atomic E-state index is 0.0461. The van der Waals surface area contributed by atoms with Crippen LogP contribution in [-0.4, -0.2) is 18.2 Å². The molecule has 1 amide bonds. The first kappa shape index (κ1) is 8.43. The van der Waals surface area contributed by atoms with Gasteiger partial charge in [-0.3, -0.25) is 0 Å². The highest BCUT2D eigenvalue weighted by atomic mass is 16.6. The molecule has 1 N–H and O–H groups in total. The molecule has 0 atom stereocenters. The first-order valence-corrected chi connectivity index (χ1v) is 6.21. The van der Waals surface area contributed by atoms with Crippen molar-refractivity contribution in [3.05, 3.63) is 0 Å². The van der Waals surface area contributed by atoms with Crippen molar-refractivity contribution >= 4 is 6.09 Å². The van der Waals surface area contributed by atoms with E-state index in [2.05, 4.69) is 5.32 Å². The van der Waals surface area contributed by atoms with Gasteiger partial charge in [-0.1, -0.05) is 0 Å². The second kappa shape index (κ2) is 2.50. The summed E-state index contributed by atoms with van der Waals surface area (Å²) in [5.41, 5.74) is 0.0461. The van der Waals surface area contributed by atoms with Crippen molar-refractivity contribution < 1.29 is 9.53 Å². The molecule has 5 fully saturated rings. The molecule has 4 bridgehead atoms. The lowest BCUT2D eigenvalue weighted by Crippen LogP contribution is -2.64. The molecule has 0 radical (unpaired) electrons.